The Labute approximate surface area is 222 Å². The molecule has 0 spiro atoms. The van der Waals surface area contributed by atoms with Crippen LogP contribution in [0, 0.1) is 0 Å². The summed E-state index contributed by atoms with van der Waals surface area (Å²) < 4.78 is 18.7. The predicted molar refractivity (Wildman–Crippen MR) is 146 cm³/mol. The molecule has 2 aromatic heterocycles. The molecule has 11 nitrogen and oxygen atoms in total. The molecule has 38 heavy (non-hydrogen) atoms. The largest absolute Gasteiger partial charge is 0.493 e. The number of ether oxygens (including phenoxy) is 3. The summed E-state index contributed by atoms with van der Waals surface area (Å²) in [5, 5.41) is 6.78. The highest BCUT2D eigenvalue weighted by Crippen LogP contribution is 2.41. The van der Waals surface area contributed by atoms with Gasteiger partial charge in [-0.1, -0.05) is 19.3 Å². The molecule has 0 radical (unpaired) electrons. The number of methoxy groups -OCH3 is 3. The van der Waals surface area contributed by atoms with Crippen molar-refractivity contribution in [3.05, 3.63) is 18.5 Å². The van der Waals surface area contributed by atoms with Crippen LogP contribution in [-0.2, 0) is 4.79 Å². The first-order valence-electron chi connectivity index (χ1n) is 13.4. The molecule has 3 heterocycles. The van der Waals surface area contributed by atoms with Gasteiger partial charge in [-0.2, -0.15) is 9.97 Å². The second-order valence-electron chi connectivity index (χ2n) is 9.82. The number of fused-ring (bicyclic) bond motifs is 1. The number of likely N-dealkylation sites (tertiary alicyclic amines) is 1. The van der Waals surface area contributed by atoms with Gasteiger partial charge in [0.2, 0.25) is 17.6 Å². The van der Waals surface area contributed by atoms with E-state index in [0.717, 1.165) is 50.1 Å². The Kier molecular flexibility index (Phi) is 8.00. The van der Waals surface area contributed by atoms with Crippen molar-refractivity contribution in [1.29, 1.82) is 0 Å². The molecular weight excluding hydrogens is 486 g/mol. The lowest BCUT2D eigenvalue weighted by Crippen LogP contribution is -2.27. The van der Waals surface area contributed by atoms with Gasteiger partial charge in [0, 0.05) is 49.9 Å². The van der Waals surface area contributed by atoms with Crippen LogP contribution in [0.1, 0.15) is 57.4 Å². The minimum atomic E-state index is 0.246. The van der Waals surface area contributed by atoms with Gasteiger partial charge in [0.25, 0.3) is 0 Å². The number of rotatable bonds is 11. The van der Waals surface area contributed by atoms with Crippen molar-refractivity contribution in [2.75, 3.05) is 51.6 Å². The third kappa shape index (κ3) is 5.41. The summed E-state index contributed by atoms with van der Waals surface area (Å²) in [6.07, 6.45) is 10.3. The molecule has 204 valence electrons. The lowest BCUT2D eigenvalue weighted by Gasteiger charge is -2.23. The molecule has 0 unspecified atom stereocenters. The minimum absolute atomic E-state index is 0.246. The fourth-order valence-corrected chi connectivity index (χ4v) is 5.41. The Morgan fingerprint density at radius 2 is 1.76 bits per heavy atom. The Hall–Kier alpha value is -3.76. The van der Waals surface area contributed by atoms with Gasteiger partial charge >= 0.3 is 0 Å². The third-order valence-corrected chi connectivity index (χ3v) is 7.38. The van der Waals surface area contributed by atoms with E-state index in [1.165, 1.54) is 19.3 Å². The maximum atomic E-state index is 11.9. The van der Waals surface area contributed by atoms with Crippen molar-refractivity contribution < 1.29 is 19.0 Å². The smallest absolute Gasteiger partial charge is 0.226 e. The second kappa shape index (κ2) is 11.7. The van der Waals surface area contributed by atoms with Crippen molar-refractivity contribution in [1.82, 2.24) is 24.4 Å². The predicted octanol–water partition coefficient (Wildman–Crippen LogP) is 4.53. The summed E-state index contributed by atoms with van der Waals surface area (Å²) in [5.74, 6) is 2.97. The number of carbonyl (C=O) groups excluding carboxylic acids is 1. The Balaban J connectivity index is 1.43. The first-order valence-corrected chi connectivity index (χ1v) is 13.4. The highest BCUT2D eigenvalue weighted by Gasteiger charge is 2.22. The molecule has 5 rings (SSSR count). The number of aromatic nitrogens is 4. The van der Waals surface area contributed by atoms with Crippen LogP contribution in [0.2, 0.25) is 0 Å². The van der Waals surface area contributed by atoms with Crippen LogP contribution in [0.5, 0.6) is 17.2 Å². The van der Waals surface area contributed by atoms with Crippen molar-refractivity contribution in [2.45, 2.75) is 57.4 Å². The maximum absolute atomic E-state index is 11.9. The monoisotopic (exact) mass is 523 g/mol. The molecule has 0 bridgehead atoms. The molecule has 1 aliphatic heterocycles. The van der Waals surface area contributed by atoms with E-state index in [4.69, 9.17) is 29.2 Å². The molecule has 1 aromatic carbocycles. The van der Waals surface area contributed by atoms with Gasteiger partial charge in [-0.15, -0.1) is 0 Å². The van der Waals surface area contributed by atoms with Crippen molar-refractivity contribution >= 4 is 34.5 Å². The normalized spacial score (nSPS) is 16.2. The van der Waals surface area contributed by atoms with E-state index in [1.54, 1.807) is 21.3 Å². The fraction of sp³-hybridized carbons (Fsp3) is 0.556. The molecule has 1 amide bonds. The van der Waals surface area contributed by atoms with E-state index >= 15 is 0 Å². The molecular formula is C27H37N7O4. The quantitative estimate of drug-likeness (QED) is 0.350. The molecule has 11 heteroatoms. The molecule has 1 saturated heterocycles. The molecule has 2 aliphatic rings. The molecule has 0 atom stereocenters. The number of hydrogen-bond acceptors (Lipinski definition) is 9. The van der Waals surface area contributed by atoms with Gasteiger partial charge in [0.1, 0.15) is 0 Å². The molecule has 1 aliphatic carbocycles. The topological polar surface area (TPSA) is 116 Å². The second-order valence-corrected chi connectivity index (χ2v) is 9.82. The minimum Gasteiger partial charge on any atom is -0.493 e. The number of imidazole rings is 1. The van der Waals surface area contributed by atoms with Crippen LogP contribution < -0.4 is 24.8 Å². The first kappa shape index (κ1) is 25.9. The lowest BCUT2D eigenvalue weighted by molar-refractivity contribution is -0.127. The molecule has 2 fully saturated rings. The van der Waals surface area contributed by atoms with E-state index in [9.17, 15) is 4.79 Å². The van der Waals surface area contributed by atoms with Gasteiger partial charge in [0.05, 0.1) is 27.7 Å². The number of benzene rings is 1. The highest BCUT2D eigenvalue weighted by molar-refractivity contribution is 5.87. The van der Waals surface area contributed by atoms with Crippen LogP contribution in [0.3, 0.4) is 0 Å². The van der Waals surface area contributed by atoms with Crippen molar-refractivity contribution in [3.8, 4) is 17.2 Å². The average Bonchev–Trinajstić information content (AvgIpc) is 3.57. The van der Waals surface area contributed by atoms with Gasteiger partial charge in [-0.3, -0.25) is 4.79 Å². The summed E-state index contributed by atoms with van der Waals surface area (Å²) >= 11 is 0. The van der Waals surface area contributed by atoms with Crippen LogP contribution in [0.15, 0.2) is 18.5 Å². The number of carbonyl (C=O) groups is 1. The van der Waals surface area contributed by atoms with E-state index < -0.39 is 0 Å². The fourth-order valence-electron chi connectivity index (χ4n) is 5.41. The summed E-state index contributed by atoms with van der Waals surface area (Å²) in [6, 6.07) is 4.06. The van der Waals surface area contributed by atoms with Crippen LogP contribution in [0.4, 0.5) is 17.5 Å². The standard InChI is InChI=1S/C27H37N7O4/c1-36-20-15-18(16-21(37-2)24(20)38-3)30-25-23-26(34(17-29-23)19-9-5-4-6-10-19)32-27(31-25)28-12-8-14-33-13-7-11-22(33)35/h15-17,19H,4-14H2,1-3H3,(H2,28,30,31,32). The number of anilines is 3. The third-order valence-electron chi connectivity index (χ3n) is 7.38. The Morgan fingerprint density at radius 3 is 2.42 bits per heavy atom. The number of amides is 1. The number of nitrogens with zero attached hydrogens (tertiary/aromatic N) is 5. The van der Waals surface area contributed by atoms with Crippen molar-refractivity contribution in [2.24, 2.45) is 0 Å². The Bertz CT molecular complexity index is 1250. The van der Waals surface area contributed by atoms with E-state index in [0.29, 0.717) is 53.5 Å². The summed E-state index contributed by atoms with van der Waals surface area (Å²) in [5.41, 5.74) is 2.24. The molecule has 2 N–H and O–H groups in total. The van der Waals surface area contributed by atoms with Crippen LogP contribution in [-0.4, -0.2) is 71.3 Å². The van der Waals surface area contributed by atoms with E-state index in [2.05, 4.69) is 15.2 Å². The lowest BCUT2D eigenvalue weighted by atomic mass is 9.95. The zero-order valence-electron chi connectivity index (χ0n) is 22.5. The van der Waals surface area contributed by atoms with Gasteiger partial charge in [-0.25, -0.2) is 4.98 Å². The number of nitrogens with one attached hydrogen (secondary N) is 2. The van der Waals surface area contributed by atoms with Gasteiger partial charge in [0.15, 0.2) is 28.5 Å². The molecule has 3 aromatic rings. The highest BCUT2D eigenvalue weighted by atomic mass is 16.5. The number of hydrogen-bond donors (Lipinski definition) is 2. The van der Waals surface area contributed by atoms with Gasteiger partial charge < -0.3 is 34.3 Å². The van der Waals surface area contributed by atoms with Crippen LogP contribution in [0.25, 0.3) is 11.2 Å². The average molecular weight is 524 g/mol. The van der Waals surface area contributed by atoms with E-state index in [-0.39, 0.29) is 5.91 Å². The van der Waals surface area contributed by atoms with Crippen molar-refractivity contribution in [3.63, 3.8) is 0 Å². The zero-order chi connectivity index (χ0) is 26.5. The summed E-state index contributed by atoms with van der Waals surface area (Å²) in [4.78, 5) is 28.3. The Morgan fingerprint density at radius 1 is 1.00 bits per heavy atom. The maximum Gasteiger partial charge on any atom is 0.226 e. The van der Waals surface area contributed by atoms with E-state index in [1.807, 2.05) is 23.4 Å². The first-order chi connectivity index (χ1) is 18.6. The summed E-state index contributed by atoms with van der Waals surface area (Å²) in [6.45, 7) is 2.26. The SMILES string of the molecule is COc1cc(Nc2nc(NCCCN3CCCC3=O)nc3c2ncn3C2CCCCC2)cc(OC)c1OC. The summed E-state index contributed by atoms with van der Waals surface area (Å²) in [7, 11) is 4.76. The van der Waals surface area contributed by atoms with Gasteiger partial charge in [-0.05, 0) is 25.7 Å². The molecule has 1 saturated carbocycles. The zero-order valence-corrected chi connectivity index (χ0v) is 22.5. The van der Waals surface area contributed by atoms with Crippen LogP contribution >= 0.6 is 0 Å².